The minimum absolute atomic E-state index is 0.0337. The van der Waals surface area contributed by atoms with Crippen molar-refractivity contribution in [3.05, 3.63) is 94.8 Å². The number of amides is 1. The molecule has 1 amide bonds. The molecule has 0 aliphatic carbocycles. The molecule has 0 bridgehead atoms. The molecular formula is C29H30F3N3O4S. The number of carbonyl (C=O) groups excluding carboxylic acids is 1. The van der Waals surface area contributed by atoms with Crippen LogP contribution < -0.4 is 5.32 Å². The molecule has 0 fully saturated rings. The van der Waals surface area contributed by atoms with Gasteiger partial charge in [0.05, 0.1) is 39.9 Å². The summed E-state index contributed by atoms with van der Waals surface area (Å²) in [7, 11) is -3.37. The molecule has 7 nitrogen and oxygen atoms in total. The maximum atomic E-state index is 13.2. The maximum Gasteiger partial charge on any atom is 0.416 e. The molecule has 2 N–H and O–H groups in total. The number of imidazole rings is 1. The number of nitrogens with zero attached hydrogens (tertiary/aromatic N) is 2. The number of benzene rings is 3. The van der Waals surface area contributed by atoms with E-state index >= 15 is 0 Å². The van der Waals surface area contributed by atoms with Crippen LogP contribution in [0.5, 0.6) is 0 Å². The van der Waals surface area contributed by atoms with E-state index in [9.17, 15) is 31.5 Å². The van der Waals surface area contributed by atoms with Crippen molar-refractivity contribution in [2.75, 3.05) is 12.4 Å². The van der Waals surface area contributed by atoms with Crippen LogP contribution in [-0.2, 0) is 22.4 Å². The predicted octanol–water partition coefficient (Wildman–Crippen LogP) is 5.48. The minimum atomic E-state index is -4.41. The van der Waals surface area contributed by atoms with Crippen molar-refractivity contribution in [1.29, 1.82) is 0 Å². The number of hydrogen-bond acceptors (Lipinski definition) is 5. The largest absolute Gasteiger partial charge is 0.416 e. The Morgan fingerprint density at radius 2 is 1.68 bits per heavy atom. The first-order valence-corrected chi connectivity index (χ1v) is 14.4. The zero-order chi connectivity index (χ0) is 29.2. The van der Waals surface area contributed by atoms with Gasteiger partial charge in [-0.3, -0.25) is 4.79 Å². The summed E-state index contributed by atoms with van der Waals surface area (Å²) in [6.45, 7) is 5.07. The predicted molar refractivity (Wildman–Crippen MR) is 146 cm³/mol. The van der Waals surface area contributed by atoms with Gasteiger partial charge in [0.25, 0.3) is 5.91 Å². The van der Waals surface area contributed by atoms with E-state index in [1.807, 2.05) is 18.4 Å². The third kappa shape index (κ3) is 6.20. The Kier molecular flexibility index (Phi) is 8.36. The van der Waals surface area contributed by atoms with Gasteiger partial charge in [-0.25, -0.2) is 13.4 Å². The Hall–Kier alpha value is -3.70. The second-order valence-electron chi connectivity index (χ2n) is 9.75. The normalized spacial score (nSPS) is 13.1. The van der Waals surface area contributed by atoms with E-state index in [4.69, 9.17) is 0 Å². The molecule has 1 aromatic heterocycles. The van der Waals surface area contributed by atoms with Crippen molar-refractivity contribution in [3.8, 4) is 0 Å². The average Bonchev–Trinajstić information content (AvgIpc) is 3.28. The van der Waals surface area contributed by atoms with Crippen LogP contribution in [0.2, 0.25) is 0 Å². The topological polar surface area (TPSA) is 101 Å². The van der Waals surface area contributed by atoms with Crippen molar-refractivity contribution in [1.82, 2.24) is 14.9 Å². The molecule has 4 rings (SSSR count). The number of carbonyl (C=O) groups is 1. The summed E-state index contributed by atoms with van der Waals surface area (Å²) in [6.07, 6.45) is -4.10. The number of rotatable bonds is 9. The lowest BCUT2D eigenvalue weighted by atomic mass is 10.1. The molecule has 0 spiro atoms. The Bertz CT molecular complexity index is 1610. The van der Waals surface area contributed by atoms with Gasteiger partial charge >= 0.3 is 6.18 Å². The first kappa shape index (κ1) is 29.3. The highest BCUT2D eigenvalue weighted by molar-refractivity contribution is 7.91. The van der Waals surface area contributed by atoms with Crippen molar-refractivity contribution in [3.63, 3.8) is 0 Å². The van der Waals surface area contributed by atoms with Crippen LogP contribution in [-0.4, -0.2) is 41.3 Å². The van der Waals surface area contributed by atoms with Gasteiger partial charge in [0.1, 0.15) is 5.82 Å². The maximum absolute atomic E-state index is 13.2. The first-order valence-electron chi connectivity index (χ1n) is 12.8. The average molecular weight is 574 g/mol. The van der Waals surface area contributed by atoms with Gasteiger partial charge in [-0.15, -0.1) is 0 Å². The van der Waals surface area contributed by atoms with E-state index in [1.54, 1.807) is 37.3 Å². The van der Waals surface area contributed by atoms with E-state index in [0.29, 0.717) is 40.0 Å². The zero-order valence-corrected chi connectivity index (χ0v) is 23.1. The summed E-state index contributed by atoms with van der Waals surface area (Å²) in [6, 6.07) is 15.2. The number of fused-ring (bicyclic) bond motifs is 1. The van der Waals surface area contributed by atoms with Gasteiger partial charge in [-0.1, -0.05) is 31.2 Å². The van der Waals surface area contributed by atoms with Crippen LogP contribution in [0.25, 0.3) is 11.0 Å². The minimum Gasteiger partial charge on any atom is -0.394 e. The van der Waals surface area contributed by atoms with Gasteiger partial charge in [-0.2, -0.15) is 13.2 Å². The number of hydrogen-bond donors (Lipinski definition) is 2. The number of aliphatic hydroxyl groups excluding tert-OH is 1. The monoisotopic (exact) mass is 573 g/mol. The molecule has 0 radical (unpaired) electrons. The Morgan fingerprint density at radius 1 is 1.02 bits per heavy atom. The Labute approximate surface area is 230 Å². The van der Waals surface area contributed by atoms with E-state index < -0.39 is 40.1 Å². The molecular weight excluding hydrogens is 543 g/mol. The molecule has 11 heteroatoms. The van der Waals surface area contributed by atoms with Crippen LogP contribution in [0.4, 0.5) is 13.2 Å². The molecule has 1 heterocycles. The van der Waals surface area contributed by atoms with Gasteiger partial charge in [-0.05, 0) is 67.4 Å². The number of alkyl halides is 3. The van der Waals surface area contributed by atoms with Crippen molar-refractivity contribution >= 4 is 26.8 Å². The van der Waals surface area contributed by atoms with Crippen LogP contribution in [0.15, 0.2) is 71.6 Å². The lowest BCUT2D eigenvalue weighted by Gasteiger charge is -2.18. The molecule has 0 aliphatic heterocycles. The molecule has 0 saturated heterocycles. The van der Waals surface area contributed by atoms with Crippen molar-refractivity contribution in [2.45, 2.75) is 50.3 Å². The molecule has 40 heavy (non-hydrogen) atoms. The first-order chi connectivity index (χ1) is 18.8. The summed E-state index contributed by atoms with van der Waals surface area (Å²) in [5, 5.41) is 12.7. The molecule has 0 unspecified atom stereocenters. The number of halogens is 3. The van der Waals surface area contributed by atoms with Gasteiger partial charge in [0, 0.05) is 18.0 Å². The van der Waals surface area contributed by atoms with Crippen molar-refractivity contribution < 1.29 is 31.5 Å². The number of aliphatic hydroxyl groups is 1. The van der Waals surface area contributed by atoms with E-state index in [2.05, 4.69) is 10.3 Å². The standard InChI is InChI=1S/C29H30F3N3O4S/c1-4-40(38,39)23-12-7-20(8-13-23)25(17-36)34-28(37)21-9-14-24-26(16-21)35(18(2)3)27(33-24)15-19-5-10-22(11-6-19)29(30,31)32/h5-14,16,18,25,36H,4,15,17H2,1-3H3,(H,34,37)/t25-/m1/s1. The quantitative estimate of drug-likeness (QED) is 0.276. The van der Waals surface area contributed by atoms with Gasteiger partial charge in [0.15, 0.2) is 9.84 Å². The number of sulfone groups is 1. The van der Waals surface area contributed by atoms with E-state index in [0.717, 1.165) is 12.1 Å². The van der Waals surface area contributed by atoms with Crippen LogP contribution in [0.3, 0.4) is 0 Å². The van der Waals surface area contributed by atoms with Gasteiger partial charge < -0.3 is 15.0 Å². The van der Waals surface area contributed by atoms with E-state index in [1.165, 1.54) is 24.3 Å². The SMILES string of the molecule is CCS(=O)(=O)c1ccc([C@@H](CO)NC(=O)c2ccc3nc(Cc4ccc(C(F)(F)F)cc4)n(C(C)C)c3c2)cc1. The molecule has 1 atom stereocenters. The van der Waals surface area contributed by atoms with Crippen molar-refractivity contribution in [2.24, 2.45) is 0 Å². The lowest BCUT2D eigenvalue weighted by Crippen LogP contribution is -2.30. The van der Waals surface area contributed by atoms with Crippen LogP contribution in [0.1, 0.15) is 65.7 Å². The van der Waals surface area contributed by atoms with E-state index in [-0.39, 0.29) is 16.7 Å². The molecule has 3 aromatic carbocycles. The highest BCUT2D eigenvalue weighted by Gasteiger charge is 2.30. The Morgan fingerprint density at radius 3 is 2.23 bits per heavy atom. The third-order valence-corrected chi connectivity index (χ3v) is 8.44. The van der Waals surface area contributed by atoms with Crippen LogP contribution >= 0.6 is 0 Å². The second kappa shape index (κ2) is 11.4. The zero-order valence-electron chi connectivity index (χ0n) is 22.2. The summed E-state index contributed by atoms with van der Waals surface area (Å²) >= 11 is 0. The molecule has 4 aromatic rings. The summed E-state index contributed by atoms with van der Waals surface area (Å²) in [5.74, 6) is 0.179. The summed E-state index contributed by atoms with van der Waals surface area (Å²) < 4.78 is 64.9. The fraction of sp³-hybridized carbons (Fsp3) is 0.310. The Balaban J connectivity index is 1.59. The van der Waals surface area contributed by atoms with Gasteiger partial charge in [0.2, 0.25) is 0 Å². The molecule has 0 aliphatic rings. The lowest BCUT2D eigenvalue weighted by molar-refractivity contribution is -0.137. The molecule has 0 saturated carbocycles. The highest BCUT2D eigenvalue weighted by Crippen LogP contribution is 2.30. The van der Waals surface area contributed by atoms with Crippen LogP contribution in [0, 0.1) is 0 Å². The highest BCUT2D eigenvalue weighted by atomic mass is 32.2. The number of aromatic nitrogens is 2. The summed E-state index contributed by atoms with van der Waals surface area (Å²) in [4.78, 5) is 18.0. The fourth-order valence-corrected chi connectivity index (χ4v) is 5.41. The smallest absolute Gasteiger partial charge is 0.394 e. The molecule has 212 valence electrons. The second-order valence-corrected chi connectivity index (χ2v) is 12.0. The summed E-state index contributed by atoms with van der Waals surface area (Å²) in [5.41, 5.74) is 2.17. The fourth-order valence-electron chi connectivity index (χ4n) is 4.53. The number of nitrogens with one attached hydrogen (secondary N) is 1. The third-order valence-electron chi connectivity index (χ3n) is 6.69.